The highest BCUT2D eigenvalue weighted by Crippen LogP contribution is 2.21. The molecule has 0 amide bonds. The van der Waals surface area contributed by atoms with E-state index in [1.807, 2.05) is 0 Å². The SMILES string of the molecule is Nc1ccc(C(O)Cc2cccc(F)c2F)cc1. The molecule has 0 fully saturated rings. The summed E-state index contributed by atoms with van der Waals surface area (Å²) >= 11 is 0. The van der Waals surface area contributed by atoms with Gasteiger partial charge in [0.15, 0.2) is 11.6 Å². The second-order valence-corrected chi connectivity index (χ2v) is 4.10. The summed E-state index contributed by atoms with van der Waals surface area (Å²) in [6.45, 7) is 0. The van der Waals surface area contributed by atoms with E-state index >= 15 is 0 Å². The van der Waals surface area contributed by atoms with E-state index in [0.29, 0.717) is 11.3 Å². The van der Waals surface area contributed by atoms with E-state index in [0.717, 1.165) is 6.07 Å². The zero-order chi connectivity index (χ0) is 13.1. The lowest BCUT2D eigenvalue weighted by molar-refractivity contribution is 0.177. The molecule has 3 N–H and O–H groups in total. The molecular weight excluding hydrogens is 236 g/mol. The molecule has 18 heavy (non-hydrogen) atoms. The van der Waals surface area contributed by atoms with Crippen molar-refractivity contribution < 1.29 is 13.9 Å². The highest BCUT2D eigenvalue weighted by Gasteiger charge is 2.13. The smallest absolute Gasteiger partial charge is 0.162 e. The van der Waals surface area contributed by atoms with Crippen LogP contribution >= 0.6 is 0 Å². The summed E-state index contributed by atoms with van der Waals surface area (Å²) in [6.07, 6.45) is -0.866. The molecule has 4 heteroatoms. The molecule has 0 saturated carbocycles. The maximum atomic E-state index is 13.4. The molecule has 0 radical (unpaired) electrons. The first-order chi connectivity index (χ1) is 8.58. The predicted octanol–water partition coefficient (Wildman–Crippen LogP) is 2.82. The second kappa shape index (κ2) is 5.14. The summed E-state index contributed by atoms with van der Waals surface area (Å²) < 4.78 is 26.4. The number of benzene rings is 2. The van der Waals surface area contributed by atoms with Crippen molar-refractivity contribution in [3.63, 3.8) is 0 Å². The zero-order valence-corrected chi connectivity index (χ0v) is 9.61. The molecular formula is C14H13F2NO. The number of nitrogens with two attached hydrogens (primary N) is 1. The highest BCUT2D eigenvalue weighted by molar-refractivity contribution is 5.40. The minimum absolute atomic E-state index is 0.0213. The van der Waals surface area contributed by atoms with Crippen LogP contribution in [0.4, 0.5) is 14.5 Å². The fraction of sp³-hybridized carbons (Fsp3) is 0.143. The van der Waals surface area contributed by atoms with Gasteiger partial charge in [-0.25, -0.2) is 8.78 Å². The summed E-state index contributed by atoms with van der Waals surface area (Å²) in [4.78, 5) is 0. The monoisotopic (exact) mass is 249 g/mol. The molecule has 0 heterocycles. The Hall–Kier alpha value is -1.94. The number of halogens is 2. The minimum atomic E-state index is -0.910. The van der Waals surface area contributed by atoms with Crippen molar-refractivity contribution in [1.82, 2.24) is 0 Å². The average molecular weight is 249 g/mol. The molecule has 94 valence electrons. The van der Waals surface area contributed by atoms with Crippen LogP contribution in [0.2, 0.25) is 0 Å². The normalized spacial score (nSPS) is 12.4. The lowest BCUT2D eigenvalue weighted by atomic mass is 10.0. The van der Waals surface area contributed by atoms with Crippen molar-refractivity contribution in [2.24, 2.45) is 0 Å². The Morgan fingerprint density at radius 3 is 2.39 bits per heavy atom. The van der Waals surface area contributed by atoms with Crippen LogP contribution in [0.5, 0.6) is 0 Å². The molecule has 2 nitrogen and oxygen atoms in total. The maximum Gasteiger partial charge on any atom is 0.162 e. The third kappa shape index (κ3) is 2.65. The summed E-state index contributed by atoms with van der Waals surface area (Å²) in [5, 5.41) is 9.95. The molecule has 0 aliphatic rings. The molecule has 1 unspecified atom stereocenters. The molecule has 1 atom stereocenters. The summed E-state index contributed by atoms with van der Waals surface area (Å²) in [6, 6.07) is 10.6. The number of aliphatic hydroxyl groups excluding tert-OH is 1. The van der Waals surface area contributed by atoms with Crippen LogP contribution in [0.1, 0.15) is 17.2 Å². The van der Waals surface area contributed by atoms with Crippen LogP contribution in [0.3, 0.4) is 0 Å². The molecule has 0 bridgehead atoms. The fourth-order valence-corrected chi connectivity index (χ4v) is 1.75. The second-order valence-electron chi connectivity index (χ2n) is 4.10. The van der Waals surface area contributed by atoms with Gasteiger partial charge in [0, 0.05) is 12.1 Å². The van der Waals surface area contributed by atoms with Crippen LogP contribution in [0.15, 0.2) is 42.5 Å². The van der Waals surface area contributed by atoms with Gasteiger partial charge in [0.05, 0.1) is 6.10 Å². The topological polar surface area (TPSA) is 46.2 Å². The standard InChI is InChI=1S/C14H13F2NO/c15-12-3-1-2-10(14(12)16)8-13(18)9-4-6-11(17)7-5-9/h1-7,13,18H,8,17H2. The molecule has 0 aliphatic carbocycles. The molecule has 0 spiro atoms. The van der Waals surface area contributed by atoms with Gasteiger partial charge < -0.3 is 10.8 Å². The molecule has 2 aromatic rings. The quantitative estimate of drug-likeness (QED) is 0.822. The van der Waals surface area contributed by atoms with E-state index < -0.39 is 17.7 Å². The number of rotatable bonds is 3. The third-order valence-corrected chi connectivity index (χ3v) is 2.77. The van der Waals surface area contributed by atoms with Gasteiger partial charge in [0.25, 0.3) is 0 Å². The number of anilines is 1. The molecule has 2 aromatic carbocycles. The van der Waals surface area contributed by atoms with Gasteiger partial charge in [-0.05, 0) is 29.3 Å². The van der Waals surface area contributed by atoms with E-state index in [2.05, 4.69) is 0 Å². The van der Waals surface area contributed by atoms with Crippen molar-refractivity contribution in [2.45, 2.75) is 12.5 Å². The van der Waals surface area contributed by atoms with Gasteiger partial charge >= 0.3 is 0 Å². The molecule has 0 saturated heterocycles. The Labute approximate surface area is 104 Å². The van der Waals surface area contributed by atoms with E-state index in [1.165, 1.54) is 12.1 Å². The lowest BCUT2D eigenvalue weighted by Crippen LogP contribution is -2.04. The van der Waals surface area contributed by atoms with Crippen molar-refractivity contribution >= 4 is 5.69 Å². The highest BCUT2D eigenvalue weighted by atomic mass is 19.2. The molecule has 2 rings (SSSR count). The number of hydrogen-bond acceptors (Lipinski definition) is 2. The Bertz CT molecular complexity index is 540. The van der Waals surface area contributed by atoms with Gasteiger partial charge in [-0.1, -0.05) is 24.3 Å². The zero-order valence-electron chi connectivity index (χ0n) is 9.61. The molecule has 0 aromatic heterocycles. The largest absolute Gasteiger partial charge is 0.399 e. The number of nitrogen functional groups attached to an aromatic ring is 1. The van der Waals surface area contributed by atoms with Gasteiger partial charge in [0.1, 0.15) is 0 Å². The maximum absolute atomic E-state index is 13.4. The Balaban J connectivity index is 2.18. The van der Waals surface area contributed by atoms with Crippen molar-refractivity contribution in [3.05, 3.63) is 65.2 Å². The van der Waals surface area contributed by atoms with Crippen LogP contribution < -0.4 is 5.73 Å². The summed E-state index contributed by atoms with van der Waals surface area (Å²) in [5.74, 6) is -1.82. The molecule has 0 aliphatic heterocycles. The fourth-order valence-electron chi connectivity index (χ4n) is 1.75. The van der Waals surface area contributed by atoms with E-state index in [1.54, 1.807) is 24.3 Å². The van der Waals surface area contributed by atoms with Crippen LogP contribution in [0, 0.1) is 11.6 Å². The van der Waals surface area contributed by atoms with Crippen molar-refractivity contribution in [3.8, 4) is 0 Å². The van der Waals surface area contributed by atoms with E-state index in [4.69, 9.17) is 5.73 Å². The van der Waals surface area contributed by atoms with Crippen molar-refractivity contribution in [2.75, 3.05) is 5.73 Å². The Morgan fingerprint density at radius 2 is 1.72 bits per heavy atom. The number of aliphatic hydroxyl groups is 1. The third-order valence-electron chi connectivity index (χ3n) is 2.77. The Kier molecular flexibility index (Phi) is 3.58. The average Bonchev–Trinajstić information content (AvgIpc) is 2.36. The first kappa shape index (κ1) is 12.5. The summed E-state index contributed by atoms with van der Waals surface area (Å²) in [7, 11) is 0. The van der Waals surface area contributed by atoms with E-state index in [-0.39, 0.29) is 12.0 Å². The number of hydrogen-bond donors (Lipinski definition) is 2. The summed E-state index contributed by atoms with van der Waals surface area (Å²) in [5.41, 5.74) is 6.89. The lowest BCUT2D eigenvalue weighted by Gasteiger charge is -2.12. The van der Waals surface area contributed by atoms with Gasteiger partial charge in [-0.2, -0.15) is 0 Å². The van der Waals surface area contributed by atoms with Gasteiger partial charge in [0.2, 0.25) is 0 Å². The van der Waals surface area contributed by atoms with Crippen LogP contribution in [-0.4, -0.2) is 5.11 Å². The first-order valence-corrected chi connectivity index (χ1v) is 5.54. The first-order valence-electron chi connectivity index (χ1n) is 5.54. The predicted molar refractivity (Wildman–Crippen MR) is 65.9 cm³/mol. The van der Waals surface area contributed by atoms with Gasteiger partial charge in [-0.3, -0.25) is 0 Å². The van der Waals surface area contributed by atoms with E-state index in [9.17, 15) is 13.9 Å². The van der Waals surface area contributed by atoms with Gasteiger partial charge in [-0.15, -0.1) is 0 Å². The van der Waals surface area contributed by atoms with Crippen LogP contribution in [0.25, 0.3) is 0 Å². The van der Waals surface area contributed by atoms with Crippen LogP contribution in [-0.2, 0) is 6.42 Å². The Morgan fingerprint density at radius 1 is 1.06 bits per heavy atom. The minimum Gasteiger partial charge on any atom is -0.399 e. The van der Waals surface area contributed by atoms with Crippen molar-refractivity contribution in [1.29, 1.82) is 0 Å².